The highest BCUT2D eigenvalue weighted by molar-refractivity contribution is 5.97. The average Bonchev–Trinajstić information content (AvgIpc) is 2.55. The van der Waals surface area contributed by atoms with Crippen LogP contribution >= 0.6 is 0 Å². The molecule has 0 heterocycles. The van der Waals surface area contributed by atoms with E-state index in [-0.39, 0.29) is 17.5 Å². The molecule has 5 heteroatoms. The third-order valence-electron chi connectivity index (χ3n) is 4.64. The number of benzene rings is 1. The number of carboxylic acid groups (broad SMARTS) is 1. The topological polar surface area (TPSA) is 69.6 Å². The molecule has 0 aliphatic heterocycles. The van der Waals surface area contributed by atoms with Gasteiger partial charge in [0, 0.05) is 18.2 Å². The van der Waals surface area contributed by atoms with Crippen molar-refractivity contribution in [3.63, 3.8) is 0 Å². The minimum absolute atomic E-state index is 0.0871. The Bertz CT molecular complexity index is 565. The van der Waals surface area contributed by atoms with Crippen LogP contribution in [0.25, 0.3) is 0 Å². The molecule has 1 amide bonds. The van der Waals surface area contributed by atoms with E-state index >= 15 is 0 Å². The molecule has 1 aromatic carbocycles. The Morgan fingerprint density at radius 3 is 2.50 bits per heavy atom. The number of nitrogens with one attached hydrogen (secondary N) is 1. The zero-order chi connectivity index (χ0) is 17.5. The normalized spacial score (nSPS) is 16.8. The van der Waals surface area contributed by atoms with Gasteiger partial charge in [-0.1, -0.05) is 38.2 Å². The van der Waals surface area contributed by atoms with E-state index in [4.69, 9.17) is 5.11 Å². The number of nitrogens with zero attached hydrogens (tertiary/aromatic N) is 1. The number of likely N-dealkylation sites (N-methyl/N-ethyl adjacent to an activating group) is 1. The van der Waals surface area contributed by atoms with Crippen molar-refractivity contribution in [1.82, 2.24) is 10.2 Å². The van der Waals surface area contributed by atoms with Crippen LogP contribution < -0.4 is 5.32 Å². The highest BCUT2D eigenvalue weighted by Gasteiger charge is 2.21. The molecule has 1 aliphatic rings. The van der Waals surface area contributed by atoms with Gasteiger partial charge < -0.3 is 15.3 Å². The summed E-state index contributed by atoms with van der Waals surface area (Å²) in [6, 6.07) is 6.29. The van der Waals surface area contributed by atoms with Gasteiger partial charge >= 0.3 is 5.97 Å². The second kappa shape index (κ2) is 8.83. The van der Waals surface area contributed by atoms with Crippen molar-refractivity contribution < 1.29 is 14.7 Å². The maximum absolute atomic E-state index is 12.5. The fraction of sp³-hybridized carbons (Fsp3) is 0.579. The molecule has 2 rings (SSSR count). The summed E-state index contributed by atoms with van der Waals surface area (Å²) in [6.07, 6.45) is 7.37. The van der Waals surface area contributed by atoms with Crippen LogP contribution in [-0.2, 0) is 0 Å². The fourth-order valence-electron chi connectivity index (χ4n) is 3.51. The van der Waals surface area contributed by atoms with Crippen molar-refractivity contribution in [2.24, 2.45) is 5.92 Å². The van der Waals surface area contributed by atoms with Gasteiger partial charge in [-0.25, -0.2) is 4.79 Å². The number of carboxylic acids is 1. The lowest BCUT2D eigenvalue weighted by molar-refractivity contribution is 0.0697. The van der Waals surface area contributed by atoms with Crippen LogP contribution in [0, 0.1) is 5.92 Å². The van der Waals surface area contributed by atoms with Crippen LogP contribution in [0.4, 0.5) is 0 Å². The molecule has 0 bridgehead atoms. The standard InChI is InChI=1S/C19H28N2O3/c1-21(2)13-17(11-14-7-4-3-5-8-14)20-18(22)15-9-6-10-16(12-15)19(23)24/h6,9-10,12,14,17H,3-5,7-8,11,13H2,1-2H3,(H,20,22)(H,23,24)/t17-/m0/s1. The molecular formula is C19H28N2O3. The Balaban J connectivity index is 2.02. The van der Waals surface area contributed by atoms with Crippen LogP contribution in [0.5, 0.6) is 0 Å². The van der Waals surface area contributed by atoms with E-state index in [2.05, 4.69) is 10.2 Å². The van der Waals surface area contributed by atoms with E-state index in [0.29, 0.717) is 11.5 Å². The number of amides is 1. The molecule has 132 valence electrons. The summed E-state index contributed by atoms with van der Waals surface area (Å²) in [5.41, 5.74) is 0.543. The zero-order valence-electron chi connectivity index (χ0n) is 14.6. The van der Waals surface area contributed by atoms with Gasteiger partial charge in [-0.2, -0.15) is 0 Å². The number of rotatable bonds is 7. The van der Waals surface area contributed by atoms with Crippen LogP contribution in [-0.4, -0.2) is 48.6 Å². The second-order valence-corrected chi connectivity index (χ2v) is 7.06. The number of aromatic carboxylic acids is 1. The minimum Gasteiger partial charge on any atom is -0.478 e. The molecule has 0 saturated heterocycles. The maximum atomic E-state index is 12.5. The van der Waals surface area contributed by atoms with Crippen LogP contribution in [0.1, 0.15) is 59.2 Å². The van der Waals surface area contributed by atoms with E-state index < -0.39 is 5.97 Å². The largest absolute Gasteiger partial charge is 0.478 e. The van der Waals surface area contributed by atoms with E-state index in [9.17, 15) is 9.59 Å². The first-order valence-electron chi connectivity index (χ1n) is 8.74. The van der Waals surface area contributed by atoms with Gasteiger partial charge in [0.2, 0.25) is 0 Å². The van der Waals surface area contributed by atoms with E-state index in [0.717, 1.165) is 13.0 Å². The Morgan fingerprint density at radius 2 is 1.88 bits per heavy atom. The van der Waals surface area contributed by atoms with Gasteiger partial charge in [0.1, 0.15) is 0 Å². The molecule has 5 nitrogen and oxygen atoms in total. The van der Waals surface area contributed by atoms with Gasteiger partial charge in [-0.3, -0.25) is 4.79 Å². The van der Waals surface area contributed by atoms with Gasteiger partial charge in [-0.15, -0.1) is 0 Å². The molecule has 1 atom stereocenters. The minimum atomic E-state index is -1.02. The number of hydrogen-bond donors (Lipinski definition) is 2. The quantitative estimate of drug-likeness (QED) is 0.805. The predicted octanol–water partition coefficient (Wildman–Crippen LogP) is 3.02. The monoisotopic (exact) mass is 332 g/mol. The van der Waals surface area contributed by atoms with Crippen molar-refractivity contribution >= 4 is 11.9 Å². The van der Waals surface area contributed by atoms with Gasteiger partial charge in [-0.05, 0) is 44.6 Å². The molecular weight excluding hydrogens is 304 g/mol. The Kier molecular flexibility index (Phi) is 6.79. The Morgan fingerprint density at radius 1 is 1.21 bits per heavy atom. The third-order valence-corrected chi connectivity index (χ3v) is 4.64. The molecule has 1 fully saturated rings. The lowest BCUT2D eigenvalue weighted by atomic mass is 9.84. The predicted molar refractivity (Wildman–Crippen MR) is 94.4 cm³/mol. The van der Waals surface area contributed by atoms with Crippen LogP contribution in [0.3, 0.4) is 0 Å². The van der Waals surface area contributed by atoms with Crippen LogP contribution in [0.2, 0.25) is 0 Å². The van der Waals surface area contributed by atoms with E-state index in [1.54, 1.807) is 12.1 Å². The smallest absolute Gasteiger partial charge is 0.335 e. The number of carbonyl (C=O) groups is 2. The summed E-state index contributed by atoms with van der Waals surface area (Å²) in [4.78, 5) is 25.7. The first-order valence-corrected chi connectivity index (χ1v) is 8.74. The van der Waals surface area contributed by atoms with E-state index in [1.807, 2.05) is 14.1 Å². The first kappa shape index (κ1) is 18.5. The molecule has 0 spiro atoms. The molecule has 0 unspecified atom stereocenters. The lowest BCUT2D eigenvalue weighted by Gasteiger charge is -2.29. The summed E-state index contributed by atoms with van der Waals surface area (Å²) in [6.45, 7) is 0.793. The molecule has 1 aliphatic carbocycles. The van der Waals surface area contributed by atoms with Crippen LogP contribution in [0.15, 0.2) is 24.3 Å². The summed E-state index contributed by atoms with van der Waals surface area (Å²) in [7, 11) is 4.01. The van der Waals surface area contributed by atoms with Gasteiger partial charge in [0.15, 0.2) is 0 Å². The highest BCUT2D eigenvalue weighted by Crippen LogP contribution is 2.27. The molecule has 24 heavy (non-hydrogen) atoms. The van der Waals surface area contributed by atoms with E-state index in [1.165, 1.54) is 44.2 Å². The fourth-order valence-corrected chi connectivity index (χ4v) is 3.51. The van der Waals surface area contributed by atoms with Crippen molar-refractivity contribution in [2.45, 2.75) is 44.6 Å². The summed E-state index contributed by atoms with van der Waals surface area (Å²) in [5.74, 6) is -0.535. The average molecular weight is 332 g/mol. The molecule has 0 radical (unpaired) electrons. The Labute approximate surface area is 144 Å². The van der Waals surface area contributed by atoms with Crippen molar-refractivity contribution in [1.29, 1.82) is 0 Å². The molecule has 0 aromatic heterocycles. The number of carbonyl (C=O) groups excluding carboxylic acids is 1. The Hall–Kier alpha value is -1.88. The highest BCUT2D eigenvalue weighted by atomic mass is 16.4. The zero-order valence-corrected chi connectivity index (χ0v) is 14.6. The van der Waals surface area contributed by atoms with Gasteiger partial charge in [0.25, 0.3) is 5.91 Å². The second-order valence-electron chi connectivity index (χ2n) is 7.06. The van der Waals surface area contributed by atoms with Gasteiger partial charge in [0.05, 0.1) is 5.56 Å². The summed E-state index contributed by atoms with van der Waals surface area (Å²) >= 11 is 0. The maximum Gasteiger partial charge on any atom is 0.335 e. The lowest BCUT2D eigenvalue weighted by Crippen LogP contribution is -2.43. The van der Waals surface area contributed by atoms with Crippen molar-refractivity contribution in [3.8, 4) is 0 Å². The SMILES string of the molecule is CN(C)C[C@H](CC1CCCCC1)NC(=O)c1cccc(C(=O)O)c1. The first-order chi connectivity index (χ1) is 11.5. The molecule has 1 saturated carbocycles. The van der Waals surface area contributed by atoms with Crippen molar-refractivity contribution in [2.75, 3.05) is 20.6 Å². The third kappa shape index (κ3) is 5.64. The van der Waals surface area contributed by atoms with Crippen molar-refractivity contribution in [3.05, 3.63) is 35.4 Å². The summed E-state index contributed by atoms with van der Waals surface area (Å²) < 4.78 is 0. The molecule has 2 N–H and O–H groups in total. The number of hydrogen-bond acceptors (Lipinski definition) is 3. The summed E-state index contributed by atoms with van der Waals surface area (Å²) in [5, 5.41) is 12.2. The molecule has 1 aromatic rings.